The third-order valence-corrected chi connectivity index (χ3v) is 6.06. The second kappa shape index (κ2) is 12.8. The van der Waals surface area contributed by atoms with Crippen LogP contribution >= 0.6 is 0 Å². The molecule has 0 aliphatic rings. The Kier molecular flexibility index (Phi) is 9.06. The molecular weight excluding hydrogens is 501 g/mol. The molecule has 0 unspecified atom stereocenters. The molecule has 9 heteroatoms. The van der Waals surface area contributed by atoms with E-state index in [-0.39, 0.29) is 31.0 Å². The van der Waals surface area contributed by atoms with Gasteiger partial charge in [0.25, 0.3) is 5.89 Å². The normalized spacial score (nSPS) is 11.8. The van der Waals surface area contributed by atoms with E-state index in [9.17, 15) is 14.3 Å². The van der Waals surface area contributed by atoms with Crippen molar-refractivity contribution in [1.29, 1.82) is 0 Å². The Morgan fingerprint density at radius 2 is 1.64 bits per heavy atom. The average molecular weight is 532 g/mol. The molecule has 0 bridgehead atoms. The van der Waals surface area contributed by atoms with Gasteiger partial charge < -0.3 is 14.4 Å². The van der Waals surface area contributed by atoms with Crippen molar-refractivity contribution in [3.05, 3.63) is 112 Å². The topological polar surface area (TPSA) is 107 Å². The van der Waals surface area contributed by atoms with E-state index in [1.807, 2.05) is 12.1 Å². The molecule has 0 saturated carbocycles. The summed E-state index contributed by atoms with van der Waals surface area (Å²) in [5, 5.41) is 13.7. The third-order valence-electron chi connectivity index (χ3n) is 6.06. The Labute approximate surface area is 226 Å². The van der Waals surface area contributed by atoms with E-state index >= 15 is 0 Å². The largest absolute Gasteiger partial charge is 0.484 e. The molecule has 0 aliphatic heterocycles. The first-order valence-electron chi connectivity index (χ1n) is 12.5. The minimum atomic E-state index is -1.06. The fourth-order valence-corrected chi connectivity index (χ4v) is 3.74. The molecule has 0 fully saturated rings. The van der Waals surface area contributed by atoms with Gasteiger partial charge in [0.2, 0.25) is 5.82 Å². The Morgan fingerprint density at radius 3 is 2.28 bits per heavy atom. The summed E-state index contributed by atoms with van der Waals surface area (Å²) in [5.41, 5.74) is 6.84. The highest BCUT2D eigenvalue weighted by Gasteiger charge is 2.14. The number of ether oxygens (including phenoxy) is 1. The highest BCUT2D eigenvalue weighted by atomic mass is 19.1. The molecule has 39 heavy (non-hydrogen) atoms. The summed E-state index contributed by atoms with van der Waals surface area (Å²) in [7, 11) is 0. The average Bonchev–Trinajstić information content (AvgIpc) is 3.41. The lowest BCUT2D eigenvalue weighted by Gasteiger charge is -2.12. The minimum absolute atomic E-state index is 0.102. The van der Waals surface area contributed by atoms with Crippen molar-refractivity contribution in [1.82, 2.24) is 15.6 Å². The summed E-state index contributed by atoms with van der Waals surface area (Å²) in [5.74, 6) is 0.479. The summed E-state index contributed by atoms with van der Waals surface area (Å²) in [6, 6.07) is 21.0. The SMILES string of the molecule is CC(NOCc1ccc(F)cc1)=C(Cc1ccc(OCc2nc(-c3ccc(C(C)C)cc3)no2)cc1)C(=O)O. The van der Waals surface area contributed by atoms with E-state index < -0.39 is 5.97 Å². The van der Waals surface area contributed by atoms with E-state index in [1.54, 1.807) is 43.3 Å². The summed E-state index contributed by atoms with van der Waals surface area (Å²) in [4.78, 5) is 21.6. The van der Waals surface area contributed by atoms with Crippen LogP contribution in [0.2, 0.25) is 0 Å². The fourth-order valence-electron chi connectivity index (χ4n) is 3.74. The van der Waals surface area contributed by atoms with Gasteiger partial charge in [0.15, 0.2) is 6.61 Å². The third kappa shape index (κ3) is 7.75. The first-order valence-corrected chi connectivity index (χ1v) is 12.5. The molecule has 0 saturated heterocycles. The van der Waals surface area contributed by atoms with Crippen LogP contribution in [0.1, 0.15) is 49.3 Å². The van der Waals surface area contributed by atoms with Gasteiger partial charge in [-0.1, -0.05) is 67.5 Å². The molecule has 4 aromatic rings. The molecule has 0 aliphatic carbocycles. The first kappa shape index (κ1) is 27.5. The number of aliphatic carboxylic acids is 1. The van der Waals surface area contributed by atoms with Crippen molar-refractivity contribution in [2.24, 2.45) is 0 Å². The van der Waals surface area contributed by atoms with E-state index in [4.69, 9.17) is 14.1 Å². The molecule has 1 heterocycles. The number of carboxylic acid groups (broad SMARTS) is 1. The van der Waals surface area contributed by atoms with Crippen molar-refractivity contribution < 1.29 is 28.4 Å². The highest BCUT2D eigenvalue weighted by Crippen LogP contribution is 2.22. The molecule has 0 atom stereocenters. The van der Waals surface area contributed by atoms with Crippen LogP contribution in [0.15, 0.2) is 88.6 Å². The molecule has 1 aromatic heterocycles. The fraction of sp³-hybridized carbons (Fsp3) is 0.233. The molecule has 3 aromatic carbocycles. The number of nitrogens with one attached hydrogen (secondary N) is 1. The summed E-state index contributed by atoms with van der Waals surface area (Å²) >= 11 is 0. The van der Waals surface area contributed by atoms with E-state index in [0.29, 0.717) is 29.1 Å². The van der Waals surface area contributed by atoms with Crippen molar-refractivity contribution in [2.75, 3.05) is 0 Å². The van der Waals surface area contributed by atoms with Gasteiger partial charge in [-0.2, -0.15) is 4.98 Å². The van der Waals surface area contributed by atoms with Crippen LogP contribution in [-0.2, 0) is 29.3 Å². The number of carboxylic acids is 1. The van der Waals surface area contributed by atoms with Crippen molar-refractivity contribution in [3.8, 4) is 17.1 Å². The number of hydrogen-bond acceptors (Lipinski definition) is 7. The van der Waals surface area contributed by atoms with Gasteiger partial charge in [0, 0.05) is 17.7 Å². The van der Waals surface area contributed by atoms with E-state index in [1.165, 1.54) is 17.7 Å². The molecule has 0 radical (unpaired) electrons. The van der Waals surface area contributed by atoms with Crippen LogP contribution < -0.4 is 10.2 Å². The zero-order valence-corrected chi connectivity index (χ0v) is 22.0. The molecule has 0 amide bonds. The summed E-state index contributed by atoms with van der Waals surface area (Å²) < 4.78 is 24.1. The standard InChI is InChI=1S/C30H30FN3O5/c1-19(2)23-8-10-24(11-9-23)29-32-28(39-34-29)18-37-26-14-6-21(7-15-26)16-27(30(35)36)20(3)33-38-17-22-4-12-25(31)13-5-22/h4-15,19,33H,16-18H2,1-3H3,(H,35,36). The predicted molar refractivity (Wildman–Crippen MR) is 143 cm³/mol. The van der Waals surface area contributed by atoms with Gasteiger partial charge in [0.05, 0.1) is 12.2 Å². The van der Waals surface area contributed by atoms with E-state index in [0.717, 1.165) is 16.7 Å². The van der Waals surface area contributed by atoms with Crippen LogP contribution in [0.4, 0.5) is 4.39 Å². The Morgan fingerprint density at radius 1 is 0.974 bits per heavy atom. The lowest BCUT2D eigenvalue weighted by atomic mass is 10.0. The smallest absolute Gasteiger partial charge is 0.333 e. The maximum atomic E-state index is 13.0. The van der Waals surface area contributed by atoms with Gasteiger partial charge in [0.1, 0.15) is 11.6 Å². The van der Waals surface area contributed by atoms with Gasteiger partial charge in [-0.3, -0.25) is 10.3 Å². The minimum Gasteiger partial charge on any atom is -0.484 e. The van der Waals surface area contributed by atoms with Crippen LogP contribution in [0.3, 0.4) is 0 Å². The first-order chi connectivity index (χ1) is 18.8. The summed E-state index contributed by atoms with van der Waals surface area (Å²) in [6.07, 6.45) is 0.178. The number of benzene rings is 3. The van der Waals surface area contributed by atoms with E-state index in [2.05, 4.69) is 41.6 Å². The number of allylic oxidation sites excluding steroid dienone is 1. The number of rotatable bonds is 12. The quantitative estimate of drug-likeness (QED) is 0.164. The number of hydroxylamine groups is 1. The summed E-state index contributed by atoms with van der Waals surface area (Å²) in [6.45, 7) is 6.16. The predicted octanol–water partition coefficient (Wildman–Crippen LogP) is 6.20. The van der Waals surface area contributed by atoms with Crippen LogP contribution in [-0.4, -0.2) is 21.2 Å². The van der Waals surface area contributed by atoms with Gasteiger partial charge in [-0.25, -0.2) is 9.18 Å². The Balaban J connectivity index is 1.30. The van der Waals surface area contributed by atoms with Crippen LogP contribution in [0.5, 0.6) is 5.75 Å². The van der Waals surface area contributed by atoms with Crippen molar-refractivity contribution >= 4 is 5.97 Å². The monoisotopic (exact) mass is 531 g/mol. The lowest BCUT2D eigenvalue weighted by Crippen LogP contribution is -2.18. The number of carbonyl (C=O) groups is 1. The molecule has 4 rings (SSSR count). The number of halogens is 1. The maximum absolute atomic E-state index is 13.0. The van der Waals surface area contributed by atoms with Crippen molar-refractivity contribution in [2.45, 2.75) is 46.3 Å². The number of aromatic nitrogens is 2. The van der Waals surface area contributed by atoms with Gasteiger partial charge in [-0.15, -0.1) is 0 Å². The zero-order valence-electron chi connectivity index (χ0n) is 22.0. The zero-order chi connectivity index (χ0) is 27.8. The maximum Gasteiger partial charge on any atom is 0.333 e. The molecular formula is C30H30FN3O5. The van der Waals surface area contributed by atoms with Gasteiger partial charge in [-0.05, 0) is 53.8 Å². The molecule has 202 valence electrons. The highest BCUT2D eigenvalue weighted by molar-refractivity contribution is 5.87. The molecule has 0 spiro atoms. The number of hydrogen-bond donors (Lipinski definition) is 2. The molecule has 2 N–H and O–H groups in total. The number of nitrogens with zero attached hydrogens (tertiary/aromatic N) is 2. The Bertz CT molecular complexity index is 1410. The van der Waals surface area contributed by atoms with Crippen molar-refractivity contribution in [3.63, 3.8) is 0 Å². The Hall–Kier alpha value is -4.50. The van der Waals surface area contributed by atoms with Gasteiger partial charge >= 0.3 is 5.97 Å². The lowest BCUT2D eigenvalue weighted by molar-refractivity contribution is -0.133. The second-order valence-electron chi connectivity index (χ2n) is 9.32. The second-order valence-corrected chi connectivity index (χ2v) is 9.32. The van der Waals surface area contributed by atoms with Crippen LogP contribution in [0, 0.1) is 5.82 Å². The molecule has 8 nitrogen and oxygen atoms in total. The van der Waals surface area contributed by atoms with Crippen LogP contribution in [0.25, 0.3) is 11.4 Å².